The molecule has 0 bridgehead atoms. The van der Waals surface area contributed by atoms with Gasteiger partial charge >= 0.3 is 0 Å². The highest BCUT2D eigenvalue weighted by molar-refractivity contribution is 5.96. The summed E-state index contributed by atoms with van der Waals surface area (Å²) < 4.78 is 6.27. The molecule has 5 heteroatoms. The van der Waals surface area contributed by atoms with E-state index >= 15 is 0 Å². The monoisotopic (exact) mass is 450 g/mol. The molecule has 0 aromatic heterocycles. The van der Waals surface area contributed by atoms with Gasteiger partial charge in [-0.05, 0) is 48.8 Å². The van der Waals surface area contributed by atoms with Gasteiger partial charge in [-0.15, -0.1) is 0 Å². The second-order valence-corrected chi connectivity index (χ2v) is 10.3. The third kappa shape index (κ3) is 7.34. The van der Waals surface area contributed by atoms with Crippen molar-refractivity contribution in [2.45, 2.75) is 58.9 Å². The molecule has 1 aliphatic heterocycles. The van der Waals surface area contributed by atoms with Gasteiger partial charge in [0.1, 0.15) is 12.4 Å². The second kappa shape index (κ2) is 11.4. The van der Waals surface area contributed by atoms with Crippen molar-refractivity contribution in [1.29, 1.82) is 0 Å². The molecule has 5 nitrogen and oxygen atoms in total. The van der Waals surface area contributed by atoms with E-state index < -0.39 is 0 Å². The summed E-state index contributed by atoms with van der Waals surface area (Å²) in [6.45, 7) is 8.05. The van der Waals surface area contributed by atoms with E-state index in [0.29, 0.717) is 43.9 Å². The van der Waals surface area contributed by atoms with E-state index in [-0.39, 0.29) is 23.3 Å². The zero-order valence-corrected chi connectivity index (χ0v) is 20.5. The van der Waals surface area contributed by atoms with Gasteiger partial charge in [0.15, 0.2) is 0 Å². The SMILES string of the molecule is CN1CCCCCN(C(=O)CC(C)(C)C)[C@@H](Cc2ccccc2)COc2ccccc2C1=O. The molecule has 0 aliphatic carbocycles. The van der Waals surface area contributed by atoms with Crippen LogP contribution in [0.1, 0.15) is 62.4 Å². The Balaban J connectivity index is 1.93. The summed E-state index contributed by atoms with van der Waals surface area (Å²) in [6, 6.07) is 17.6. The number of rotatable bonds is 3. The molecule has 0 fully saturated rings. The van der Waals surface area contributed by atoms with Crippen molar-refractivity contribution in [3.63, 3.8) is 0 Å². The molecule has 2 aromatic rings. The fourth-order valence-corrected chi connectivity index (χ4v) is 4.28. The van der Waals surface area contributed by atoms with E-state index in [1.165, 1.54) is 5.56 Å². The summed E-state index contributed by atoms with van der Waals surface area (Å²) in [5.74, 6) is 0.725. The minimum atomic E-state index is -0.108. The van der Waals surface area contributed by atoms with Crippen molar-refractivity contribution in [3.05, 3.63) is 65.7 Å². The van der Waals surface area contributed by atoms with Gasteiger partial charge in [0.25, 0.3) is 5.91 Å². The number of amides is 2. The Labute approximate surface area is 198 Å². The van der Waals surface area contributed by atoms with Crippen LogP contribution in [-0.4, -0.2) is 54.4 Å². The number of nitrogens with zero attached hydrogens (tertiary/aromatic N) is 2. The van der Waals surface area contributed by atoms with Crippen LogP contribution in [0.2, 0.25) is 0 Å². The number of carbonyl (C=O) groups excluding carboxylic acids is 2. The molecule has 2 aromatic carbocycles. The third-order valence-electron chi connectivity index (χ3n) is 6.04. The first-order valence-corrected chi connectivity index (χ1v) is 12.1. The quantitative estimate of drug-likeness (QED) is 0.646. The molecule has 1 atom stereocenters. The Morgan fingerprint density at radius 1 is 0.970 bits per heavy atom. The maximum absolute atomic E-state index is 13.5. The van der Waals surface area contributed by atoms with Gasteiger partial charge in [0.05, 0.1) is 11.6 Å². The standard InChI is InChI=1S/C28H38N2O3/c1-28(2,3)20-26(31)30-18-12-6-11-17-29(4)27(32)24-15-9-10-16-25(24)33-21-23(30)19-22-13-7-5-8-14-22/h5,7-10,13-16,23H,6,11-12,17-21H2,1-4H3/t23-/m0/s1. The van der Waals surface area contributed by atoms with Crippen LogP contribution in [0.3, 0.4) is 0 Å². The normalized spacial score (nSPS) is 18.4. The topological polar surface area (TPSA) is 49.9 Å². The molecule has 33 heavy (non-hydrogen) atoms. The predicted molar refractivity (Wildman–Crippen MR) is 132 cm³/mol. The molecular formula is C28H38N2O3. The van der Waals surface area contributed by atoms with E-state index in [4.69, 9.17) is 4.74 Å². The highest BCUT2D eigenvalue weighted by Crippen LogP contribution is 2.25. The molecular weight excluding hydrogens is 412 g/mol. The lowest BCUT2D eigenvalue weighted by molar-refractivity contribution is -0.136. The summed E-state index contributed by atoms with van der Waals surface area (Å²) in [7, 11) is 1.84. The molecule has 0 saturated heterocycles. The molecule has 0 unspecified atom stereocenters. The minimum Gasteiger partial charge on any atom is -0.491 e. The van der Waals surface area contributed by atoms with E-state index in [1.54, 1.807) is 4.90 Å². The Hall–Kier alpha value is -2.82. The van der Waals surface area contributed by atoms with Gasteiger partial charge in [-0.1, -0.05) is 63.2 Å². The van der Waals surface area contributed by atoms with Crippen molar-refractivity contribution in [3.8, 4) is 5.75 Å². The van der Waals surface area contributed by atoms with Gasteiger partial charge in [-0.3, -0.25) is 9.59 Å². The van der Waals surface area contributed by atoms with Gasteiger partial charge in [-0.25, -0.2) is 0 Å². The van der Waals surface area contributed by atoms with Crippen LogP contribution >= 0.6 is 0 Å². The lowest BCUT2D eigenvalue weighted by atomic mass is 9.91. The van der Waals surface area contributed by atoms with Gasteiger partial charge in [0.2, 0.25) is 5.91 Å². The molecule has 3 rings (SSSR count). The first-order chi connectivity index (χ1) is 15.7. The number of carbonyl (C=O) groups is 2. The molecule has 0 N–H and O–H groups in total. The Kier molecular flexibility index (Phi) is 8.54. The number of para-hydroxylation sites is 1. The maximum Gasteiger partial charge on any atom is 0.257 e. The second-order valence-electron chi connectivity index (χ2n) is 10.3. The number of benzene rings is 2. The molecule has 178 valence electrons. The summed E-state index contributed by atoms with van der Waals surface area (Å²) in [5, 5.41) is 0. The molecule has 0 radical (unpaired) electrons. The van der Waals surface area contributed by atoms with Crippen molar-refractivity contribution in [1.82, 2.24) is 9.80 Å². The lowest BCUT2D eigenvalue weighted by Crippen LogP contribution is -2.46. The zero-order valence-electron chi connectivity index (χ0n) is 20.5. The van der Waals surface area contributed by atoms with E-state index in [1.807, 2.05) is 54.4 Å². The van der Waals surface area contributed by atoms with E-state index in [0.717, 1.165) is 19.3 Å². The molecule has 0 spiro atoms. The predicted octanol–water partition coefficient (Wildman–Crippen LogP) is 5.20. The summed E-state index contributed by atoms with van der Waals surface area (Å²) in [6.07, 6.45) is 4.01. The largest absolute Gasteiger partial charge is 0.491 e. The first-order valence-electron chi connectivity index (χ1n) is 12.1. The number of hydrogen-bond acceptors (Lipinski definition) is 3. The summed E-state index contributed by atoms with van der Waals surface area (Å²) >= 11 is 0. The van der Waals surface area contributed by atoms with E-state index in [9.17, 15) is 9.59 Å². The molecule has 1 aliphatic rings. The van der Waals surface area contributed by atoms with Gasteiger partial charge in [0, 0.05) is 26.6 Å². The number of ether oxygens (including phenoxy) is 1. The lowest BCUT2D eigenvalue weighted by Gasteiger charge is -2.34. The fraction of sp³-hybridized carbons (Fsp3) is 0.500. The van der Waals surface area contributed by atoms with E-state index in [2.05, 4.69) is 32.9 Å². The van der Waals surface area contributed by atoms with Gasteiger partial charge < -0.3 is 14.5 Å². The van der Waals surface area contributed by atoms with Crippen LogP contribution in [0.25, 0.3) is 0 Å². The van der Waals surface area contributed by atoms with Crippen LogP contribution in [-0.2, 0) is 11.2 Å². The van der Waals surface area contributed by atoms with Crippen LogP contribution in [0.5, 0.6) is 5.75 Å². The van der Waals surface area contributed by atoms with Crippen molar-refractivity contribution in [2.75, 3.05) is 26.7 Å². The van der Waals surface area contributed by atoms with Crippen molar-refractivity contribution < 1.29 is 14.3 Å². The Bertz CT molecular complexity index is 920. The van der Waals surface area contributed by atoms with Crippen molar-refractivity contribution >= 4 is 11.8 Å². The summed E-state index contributed by atoms with van der Waals surface area (Å²) in [5.41, 5.74) is 1.66. The fourth-order valence-electron chi connectivity index (χ4n) is 4.28. The number of fused-ring (bicyclic) bond motifs is 1. The zero-order chi connectivity index (χ0) is 23.8. The number of hydrogen-bond donors (Lipinski definition) is 0. The Morgan fingerprint density at radius 3 is 2.36 bits per heavy atom. The van der Waals surface area contributed by atoms with Crippen LogP contribution < -0.4 is 4.74 Å². The van der Waals surface area contributed by atoms with Crippen molar-refractivity contribution in [2.24, 2.45) is 5.41 Å². The molecule has 2 amide bonds. The highest BCUT2D eigenvalue weighted by atomic mass is 16.5. The minimum absolute atomic E-state index is 0.0230. The summed E-state index contributed by atoms with van der Waals surface area (Å²) in [4.78, 5) is 30.3. The third-order valence-corrected chi connectivity index (χ3v) is 6.04. The smallest absolute Gasteiger partial charge is 0.257 e. The van der Waals surface area contributed by atoms with Crippen LogP contribution in [0.15, 0.2) is 54.6 Å². The Morgan fingerprint density at radius 2 is 1.64 bits per heavy atom. The average Bonchev–Trinajstić information content (AvgIpc) is 2.78. The van der Waals surface area contributed by atoms with Crippen LogP contribution in [0.4, 0.5) is 0 Å². The average molecular weight is 451 g/mol. The molecule has 0 saturated carbocycles. The van der Waals surface area contributed by atoms with Crippen LogP contribution in [0, 0.1) is 5.41 Å². The maximum atomic E-state index is 13.5. The van der Waals surface area contributed by atoms with Gasteiger partial charge in [-0.2, -0.15) is 0 Å². The first kappa shape index (κ1) is 24.8. The molecule has 1 heterocycles. The highest BCUT2D eigenvalue weighted by Gasteiger charge is 2.28.